The molecule has 4 rings (SSSR count). The number of oxime groups is 1. The zero-order chi connectivity index (χ0) is 13.5. The van der Waals surface area contributed by atoms with E-state index >= 15 is 0 Å². The SMILES string of the molecule is ON=C1C(C2=Cc3ccccc3C2)=Cc2ccccc21. The number of benzene rings is 2. The van der Waals surface area contributed by atoms with Crippen molar-refractivity contribution in [2.75, 3.05) is 0 Å². The Hall–Kier alpha value is -2.61. The molecule has 0 bridgehead atoms. The fraction of sp³-hybridized carbons (Fsp3) is 0.0556. The molecule has 2 aliphatic carbocycles. The van der Waals surface area contributed by atoms with E-state index in [1.54, 1.807) is 0 Å². The second kappa shape index (κ2) is 4.20. The first-order valence-electron chi connectivity index (χ1n) is 6.69. The number of allylic oxidation sites excluding steroid dienone is 2. The minimum absolute atomic E-state index is 0.680. The van der Waals surface area contributed by atoms with Gasteiger partial charge in [-0.1, -0.05) is 59.8 Å². The van der Waals surface area contributed by atoms with Gasteiger partial charge in [-0.25, -0.2) is 0 Å². The molecule has 2 nitrogen and oxygen atoms in total. The highest BCUT2D eigenvalue weighted by Gasteiger charge is 2.25. The van der Waals surface area contributed by atoms with Crippen LogP contribution in [0.4, 0.5) is 0 Å². The Labute approximate surface area is 117 Å². The summed E-state index contributed by atoms with van der Waals surface area (Å²) in [5.74, 6) is 0. The Morgan fingerprint density at radius 3 is 2.40 bits per heavy atom. The molecule has 0 unspecified atom stereocenters. The van der Waals surface area contributed by atoms with Crippen molar-refractivity contribution in [3.8, 4) is 0 Å². The first kappa shape index (κ1) is 11.2. The molecule has 0 aromatic heterocycles. The van der Waals surface area contributed by atoms with Gasteiger partial charge < -0.3 is 5.21 Å². The van der Waals surface area contributed by atoms with E-state index in [4.69, 9.17) is 0 Å². The third-order valence-electron chi connectivity index (χ3n) is 3.98. The summed E-state index contributed by atoms with van der Waals surface area (Å²) in [5, 5.41) is 12.9. The second-order valence-electron chi connectivity index (χ2n) is 5.14. The average molecular weight is 259 g/mol. The molecule has 0 fully saturated rings. The lowest BCUT2D eigenvalue weighted by Gasteiger charge is -2.05. The van der Waals surface area contributed by atoms with E-state index in [2.05, 4.69) is 47.6 Å². The lowest BCUT2D eigenvalue weighted by atomic mass is 10.00. The maximum Gasteiger partial charge on any atom is 0.118 e. The molecule has 0 spiro atoms. The highest BCUT2D eigenvalue weighted by atomic mass is 16.4. The van der Waals surface area contributed by atoms with Gasteiger partial charge in [0.05, 0.1) is 0 Å². The smallest absolute Gasteiger partial charge is 0.118 e. The van der Waals surface area contributed by atoms with E-state index in [1.165, 1.54) is 16.7 Å². The lowest BCUT2D eigenvalue weighted by molar-refractivity contribution is 0.319. The Kier molecular flexibility index (Phi) is 2.36. The van der Waals surface area contributed by atoms with Crippen LogP contribution < -0.4 is 0 Å². The average Bonchev–Trinajstić information content (AvgIpc) is 3.07. The fourth-order valence-corrected chi connectivity index (χ4v) is 3.01. The zero-order valence-electron chi connectivity index (χ0n) is 10.9. The number of rotatable bonds is 1. The van der Waals surface area contributed by atoms with Gasteiger partial charge in [-0.2, -0.15) is 0 Å². The van der Waals surface area contributed by atoms with Crippen LogP contribution in [0.15, 0.2) is 64.8 Å². The molecule has 0 radical (unpaired) electrons. The first-order valence-corrected chi connectivity index (χ1v) is 6.69. The van der Waals surface area contributed by atoms with Crippen LogP contribution in [0.2, 0.25) is 0 Å². The van der Waals surface area contributed by atoms with E-state index in [1.807, 2.05) is 18.2 Å². The molecular weight excluding hydrogens is 246 g/mol. The Balaban J connectivity index is 1.80. The van der Waals surface area contributed by atoms with Crippen molar-refractivity contribution in [3.05, 3.63) is 81.9 Å². The summed E-state index contributed by atoms with van der Waals surface area (Å²) >= 11 is 0. The van der Waals surface area contributed by atoms with Crippen LogP contribution in [0.25, 0.3) is 12.2 Å². The van der Waals surface area contributed by atoms with Crippen molar-refractivity contribution in [2.45, 2.75) is 6.42 Å². The number of hydrogen-bond acceptors (Lipinski definition) is 2. The third kappa shape index (κ3) is 1.55. The van der Waals surface area contributed by atoms with Crippen LogP contribution in [0, 0.1) is 0 Å². The van der Waals surface area contributed by atoms with E-state index in [0.717, 1.165) is 23.1 Å². The van der Waals surface area contributed by atoms with E-state index in [-0.39, 0.29) is 0 Å². The molecule has 0 atom stereocenters. The first-order chi connectivity index (χ1) is 9.86. The Bertz CT molecular complexity index is 797. The van der Waals surface area contributed by atoms with Crippen LogP contribution in [0.1, 0.15) is 22.3 Å². The fourth-order valence-electron chi connectivity index (χ4n) is 3.01. The molecule has 0 saturated carbocycles. The van der Waals surface area contributed by atoms with Gasteiger partial charge in [0.1, 0.15) is 5.71 Å². The number of hydrogen-bond donors (Lipinski definition) is 1. The van der Waals surface area contributed by atoms with Gasteiger partial charge in [0.25, 0.3) is 0 Å². The molecule has 96 valence electrons. The van der Waals surface area contributed by atoms with Crippen LogP contribution in [-0.4, -0.2) is 10.9 Å². The normalized spacial score (nSPS) is 17.7. The number of fused-ring (bicyclic) bond motifs is 2. The molecule has 20 heavy (non-hydrogen) atoms. The summed E-state index contributed by atoms with van der Waals surface area (Å²) in [7, 11) is 0. The molecular formula is C18H13NO. The molecule has 0 aliphatic heterocycles. The van der Waals surface area contributed by atoms with Crippen molar-refractivity contribution in [2.24, 2.45) is 5.16 Å². The summed E-state index contributed by atoms with van der Waals surface area (Å²) in [4.78, 5) is 0. The van der Waals surface area contributed by atoms with Crippen LogP contribution in [0.5, 0.6) is 0 Å². The predicted octanol–water partition coefficient (Wildman–Crippen LogP) is 3.90. The molecule has 0 heterocycles. The molecule has 2 aromatic rings. The van der Waals surface area contributed by atoms with Crippen molar-refractivity contribution in [1.29, 1.82) is 0 Å². The van der Waals surface area contributed by atoms with Gasteiger partial charge in [0, 0.05) is 11.1 Å². The highest BCUT2D eigenvalue weighted by Crippen LogP contribution is 2.36. The van der Waals surface area contributed by atoms with Crippen molar-refractivity contribution < 1.29 is 5.21 Å². The van der Waals surface area contributed by atoms with Crippen LogP contribution in [-0.2, 0) is 6.42 Å². The summed E-state index contributed by atoms with van der Waals surface area (Å²) in [6.07, 6.45) is 5.20. The lowest BCUT2D eigenvalue weighted by Crippen LogP contribution is -2.03. The standard InChI is InChI=1S/C18H13NO/c20-19-18-16-8-4-3-7-14(16)11-17(18)15-9-12-5-1-2-6-13(12)10-15/h1-9,11,20H,10H2. The summed E-state index contributed by atoms with van der Waals surface area (Å²) in [5.41, 5.74) is 7.64. The Morgan fingerprint density at radius 2 is 1.60 bits per heavy atom. The maximum absolute atomic E-state index is 9.38. The van der Waals surface area contributed by atoms with Crippen molar-refractivity contribution >= 4 is 17.9 Å². The molecule has 2 aromatic carbocycles. The molecule has 1 N–H and O–H groups in total. The van der Waals surface area contributed by atoms with Gasteiger partial charge >= 0.3 is 0 Å². The van der Waals surface area contributed by atoms with E-state index in [0.29, 0.717) is 5.71 Å². The monoisotopic (exact) mass is 259 g/mol. The molecule has 2 heteroatoms. The summed E-state index contributed by atoms with van der Waals surface area (Å²) in [6, 6.07) is 16.4. The third-order valence-corrected chi connectivity index (χ3v) is 3.98. The van der Waals surface area contributed by atoms with Gasteiger partial charge in [-0.15, -0.1) is 0 Å². The molecule has 2 aliphatic rings. The maximum atomic E-state index is 9.38. The van der Waals surface area contributed by atoms with Crippen molar-refractivity contribution in [3.63, 3.8) is 0 Å². The minimum Gasteiger partial charge on any atom is -0.410 e. The van der Waals surface area contributed by atoms with Crippen LogP contribution >= 0.6 is 0 Å². The largest absolute Gasteiger partial charge is 0.410 e. The van der Waals surface area contributed by atoms with Gasteiger partial charge in [-0.05, 0) is 34.8 Å². The minimum atomic E-state index is 0.680. The van der Waals surface area contributed by atoms with Crippen molar-refractivity contribution in [1.82, 2.24) is 0 Å². The van der Waals surface area contributed by atoms with Gasteiger partial charge in [-0.3, -0.25) is 0 Å². The molecule has 0 saturated heterocycles. The summed E-state index contributed by atoms with van der Waals surface area (Å²) in [6.45, 7) is 0. The number of nitrogens with zero attached hydrogens (tertiary/aromatic N) is 1. The van der Waals surface area contributed by atoms with E-state index in [9.17, 15) is 5.21 Å². The predicted molar refractivity (Wildman–Crippen MR) is 80.9 cm³/mol. The second-order valence-corrected chi connectivity index (χ2v) is 5.14. The quantitative estimate of drug-likeness (QED) is 0.611. The summed E-state index contributed by atoms with van der Waals surface area (Å²) < 4.78 is 0. The van der Waals surface area contributed by atoms with Gasteiger partial charge in [0.15, 0.2) is 0 Å². The van der Waals surface area contributed by atoms with E-state index < -0.39 is 0 Å². The van der Waals surface area contributed by atoms with Gasteiger partial charge in [0.2, 0.25) is 0 Å². The zero-order valence-corrected chi connectivity index (χ0v) is 10.9. The topological polar surface area (TPSA) is 32.6 Å². The highest BCUT2D eigenvalue weighted by molar-refractivity contribution is 6.23. The van der Waals surface area contributed by atoms with Crippen LogP contribution in [0.3, 0.4) is 0 Å². The molecule has 0 amide bonds. The Morgan fingerprint density at radius 1 is 0.850 bits per heavy atom.